The first kappa shape index (κ1) is 30.7. The van der Waals surface area contributed by atoms with Crippen molar-refractivity contribution in [2.45, 2.75) is 32.3 Å². The number of thioether (sulfide) groups is 1. The standard InChI is InChI=1S/C30H26F4N6O3S/c1-18(2)23-5-3-4-6-25(23)40-26(41)16-44-29(40)37-28(42)35-15-24(31)19-7-9-20(10-8-19)27-36-17-39(38-27)21-11-13-22(14-12-21)43-30(32,33)34/h3-14,17-18,24H,15-16H2,1-2H3,(H,35,42)/b37-29-. The Balaban J connectivity index is 1.20. The highest BCUT2D eigenvalue weighted by molar-refractivity contribution is 8.15. The molecule has 0 aliphatic carbocycles. The molecule has 1 saturated heterocycles. The van der Waals surface area contributed by atoms with Crippen molar-refractivity contribution in [2.24, 2.45) is 4.99 Å². The molecule has 1 unspecified atom stereocenters. The van der Waals surface area contributed by atoms with Gasteiger partial charge >= 0.3 is 12.4 Å². The number of amides is 3. The number of para-hydroxylation sites is 1. The quantitative estimate of drug-likeness (QED) is 0.216. The molecule has 1 atom stereocenters. The molecule has 44 heavy (non-hydrogen) atoms. The Bertz CT molecular complexity index is 1670. The lowest BCUT2D eigenvalue weighted by atomic mass is 10.0. The fourth-order valence-electron chi connectivity index (χ4n) is 4.44. The number of halogens is 4. The first-order chi connectivity index (χ1) is 21.0. The second-order valence-corrected chi connectivity index (χ2v) is 10.9. The Hall–Kier alpha value is -4.72. The van der Waals surface area contributed by atoms with Gasteiger partial charge in [0.25, 0.3) is 0 Å². The second-order valence-electron chi connectivity index (χ2n) is 9.96. The largest absolute Gasteiger partial charge is 0.573 e. The predicted molar refractivity (Wildman–Crippen MR) is 159 cm³/mol. The number of anilines is 1. The number of aliphatic imine (C=N–C) groups is 1. The van der Waals surface area contributed by atoms with Crippen molar-refractivity contribution >= 4 is 34.6 Å². The molecule has 3 amide bonds. The number of ether oxygens (including phenoxy) is 1. The molecule has 0 radical (unpaired) electrons. The Morgan fingerprint density at radius 1 is 1.07 bits per heavy atom. The summed E-state index contributed by atoms with van der Waals surface area (Å²) in [7, 11) is 0. The molecule has 1 N–H and O–H groups in total. The molecular formula is C30H26F4N6O3S. The number of nitrogens with zero attached hydrogens (tertiary/aromatic N) is 5. The van der Waals surface area contributed by atoms with E-state index in [4.69, 9.17) is 0 Å². The zero-order valence-corrected chi connectivity index (χ0v) is 24.3. The van der Waals surface area contributed by atoms with E-state index in [1.807, 2.05) is 38.1 Å². The molecule has 1 fully saturated rings. The van der Waals surface area contributed by atoms with Gasteiger partial charge < -0.3 is 10.1 Å². The predicted octanol–water partition coefficient (Wildman–Crippen LogP) is 6.81. The SMILES string of the molecule is CC(C)c1ccccc1N1C(=O)CS/C1=N\C(=O)NCC(F)c1ccc(-c2ncn(-c3ccc(OC(F)(F)F)cc3)n2)cc1. The van der Waals surface area contributed by atoms with Gasteiger partial charge in [-0.05, 0) is 47.4 Å². The van der Waals surface area contributed by atoms with E-state index in [-0.39, 0.29) is 35.0 Å². The molecule has 1 aliphatic rings. The number of hydrogen-bond acceptors (Lipinski definition) is 6. The molecule has 5 rings (SSSR count). The molecule has 228 valence electrons. The fraction of sp³-hybridized carbons (Fsp3) is 0.233. The van der Waals surface area contributed by atoms with Crippen LogP contribution in [0.1, 0.15) is 37.1 Å². The maximum Gasteiger partial charge on any atom is 0.573 e. The zero-order chi connectivity index (χ0) is 31.4. The molecule has 2 heterocycles. The molecule has 1 aliphatic heterocycles. The van der Waals surface area contributed by atoms with Gasteiger partial charge in [0.1, 0.15) is 18.2 Å². The maximum absolute atomic E-state index is 15.0. The van der Waals surface area contributed by atoms with E-state index in [2.05, 4.69) is 25.1 Å². The monoisotopic (exact) mass is 626 g/mol. The van der Waals surface area contributed by atoms with E-state index in [0.29, 0.717) is 28.3 Å². The summed E-state index contributed by atoms with van der Waals surface area (Å²) >= 11 is 1.15. The van der Waals surface area contributed by atoms with Gasteiger partial charge in [-0.2, -0.15) is 4.99 Å². The summed E-state index contributed by atoms with van der Waals surface area (Å²) in [4.78, 5) is 34.9. The summed E-state index contributed by atoms with van der Waals surface area (Å²) in [6, 6.07) is 18.1. The Morgan fingerprint density at radius 3 is 2.45 bits per heavy atom. The molecular weight excluding hydrogens is 600 g/mol. The number of hydrogen-bond donors (Lipinski definition) is 1. The molecule has 14 heteroatoms. The van der Waals surface area contributed by atoms with Crippen molar-refractivity contribution in [3.8, 4) is 22.8 Å². The smallest absolute Gasteiger partial charge is 0.406 e. The highest BCUT2D eigenvalue weighted by Crippen LogP contribution is 2.33. The Kier molecular flexibility index (Phi) is 8.99. The third kappa shape index (κ3) is 7.25. The zero-order valence-electron chi connectivity index (χ0n) is 23.5. The van der Waals surface area contributed by atoms with Crippen molar-refractivity contribution in [1.29, 1.82) is 0 Å². The number of carbonyl (C=O) groups excluding carboxylic acids is 2. The van der Waals surface area contributed by atoms with E-state index in [1.165, 1.54) is 52.3 Å². The Labute approximate surface area is 254 Å². The van der Waals surface area contributed by atoms with E-state index in [9.17, 15) is 22.8 Å². The average Bonchev–Trinajstić information content (AvgIpc) is 3.62. The lowest BCUT2D eigenvalue weighted by Gasteiger charge is -2.21. The van der Waals surface area contributed by atoms with Crippen molar-refractivity contribution in [2.75, 3.05) is 17.2 Å². The average molecular weight is 627 g/mol. The van der Waals surface area contributed by atoms with Crippen LogP contribution in [0.4, 0.5) is 28.0 Å². The second kappa shape index (κ2) is 12.9. The fourth-order valence-corrected chi connectivity index (χ4v) is 5.30. The number of rotatable bonds is 8. The van der Waals surface area contributed by atoms with Crippen LogP contribution in [0.25, 0.3) is 17.1 Å². The summed E-state index contributed by atoms with van der Waals surface area (Å²) in [5.41, 5.74) is 2.96. The minimum atomic E-state index is -4.79. The highest BCUT2D eigenvalue weighted by atomic mass is 32.2. The molecule has 9 nitrogen and oxygen atoms in total. The van der Waals surface area contributed by atoms with E-state index >= 15 is 4.39 Å². The van der Waals surface area contributed by atoms with Crippen LogP contribution in [-0.2, 0) is 4.79 Å². The molecule has 0 bridgehead atoms. The van der Waals surface area contributed by atoms with Gasteiger partial charge in [0, 0.05) is 5.56 Å². The van der Waals surface area contributed by atoms with Crippen molar-refractivity contribution in [1.82, 2.24) is 20.1 Å². The first-order valence-electron chi connectivity index (χ1n) is 13.4. The van der Waals surface area contributed by atoms with Gasteiger partial charge in [-0.1, -0.05) is 68.1 Å². The van der Waals surface area contributed by atoms with Crippen LogP contribution in [0.2, 0.25) is 0 Å². The maximum atomic E-state index is 15.0. The number of carbonyl (C=O) groups is 2. The van der Waals surface area contributed by atoms with Crippen molar-refractivity contribution < 1.29 is 31.9 Å². The topological polar surface area (TPSA) is 102 Å². The molecule has 0 spiro atoms. The lowest BCUT2D eigenvalue weighted by Crippen LogP contribution is -2.32. The number of amidine groups is 1. The van der Waals surface area contributed by atoms with Gasteiger partial charge in [0.15, 0.2) is 11.0 Å². The normalized spacial score (nSPS) is 15.2. The summed E-state index contributed by atoms with van der Waals surface area (Å²) < 4.78 is 57.4. The minimum Gasteiger partial charge on any atom is -0.406 e. The third-order valence-electron chi connectivity index (χ3n) is 6.55. The molecule has 4 aromatic rings. The van der Waals surface area contributed by atoms with E-state index < -0.39 is 18.6 Å². The number of benzene rings is 3. The number of nitrogens with one attached hydrogen (secondary N) is 1. The molecule has 3 aromatic carbocycles. The van der Waals surface area contributed by atoms with Crippen LogP contribution in [0.3, 0.4) is 0 Å². The van der Waals surface area contributed by atoms with Crippen molar-refractivity contribution in [3.63, 3.8) is 0 Å². The molecule has 0 saturated carbocycles. The van der Waals surface area contributed by atoms with Crippen molar-refractivity contribution in [3.05, 3.63) is 90.3 Å². The number of urea groups is 1. The van der Waals surface area contributed by atoms with E-state index in [1.54, 1.807) is 12.1 Å². The number of alkyl halides is 4. The summed E-state index contributed by atoms with van der Waals surface area (Å²) in [5, 5.41) is 7.03. The van der Waals surface area contributed by atoms with Gasteiger partial charge in [0.05, 0.1) is 23.7 Å². The van der Waals surface area contributed by atoms with Gasteiger partial charge in [0.2, 0.25) is 5.91 Å². The summed E-state index contributed by atoms with van der Waals surface area (Å²) in [6.45, 7) is 3.68. The summed E-state index contributed by atoms with van der Waals surface area (Å²) in [6.07, 6.45) is -4.92. The van der Waals surface area contributed by atoms with Gasteiger partial charge in [-0.15, -0.1) is 18.3 Å². The van der Waals surface area contributed by atoms with Crippen LogP contribution in [-0.4, -0.2) is 50.5 Å². The minimum absolute atomic E-state index is 0.146. The van der Waals surface area contributed by atoms with Gasteiger partial charge in [-0.25, -0.2) is 18.9 Å². The van der Waals surface area contributed by atoms with Crippen LogP contribution in [0, 0.1) is 0 Å². The van der Waals surface area contributed by atoms with Gasteiger partial charge in [-0.3, -0.25) is 9.69 Å². The van der Waals surface area contributed by atoms with Crippen LogP contribution in [0.15, 0.2) is 84.1 Å². The summed E-state index contributed by atoms with van der Waals surface area (Å²) in [5.74, 6) is 0.0630. The first-order valence-corrected chi connectivity index (χ1v) is 14.4. The number of aromatic nitrogens is 3. The van der Waals surface area contributed by atoms with Crippen LogP contribution < -0.4 is 15.0 Å². The van der Waals surface area contributed by atoms with E-state index in [0.717, 1.165) is 17.3 Å². The van der Waals surface area contributed by atoms with Crippen LogP contribution in [0.5, 0.6) is 5.75 Å². The Morgan fingerprint density at radius 2 is 1.77 bits per heavy atom. The molecule has 1 aromatic heterocycles. The lowest BCUT2D eigenvalue weighted by molar-refractivity contribution is -0.274. The third-order valence-corrected chi connectivity index (χ3v) is 7.48. The van der Waals surface area contributed by atoms with Crippen LogP contribution >= 0.6 is 11.8 Å². The highest BCUT2D eigenvalue weighted by Gasteiger charge is 2.32.